The van der Waals surface area contributed by atoms with Crippen LogP contribution < -0.4 is 5.73 Å². The maximum absolute atomic E-state index is 13.4. The van der Waals surface area contributed by atoms with Gasteiger partial charge in [0.05, 0.1) is 6.54 Å². The van der Waals surface area contributed by atoms with Crippen LogP contribution in [0.4, 0.5) is 4.39 Å². The molecule has 0 aliphatic carbocycles. The van der Waals surface area contributed by atoms with Crippen LogP contribution in [-0.4, -0.2) is 16.7 Å². The Morgan fingerprint density at radius 2 is 2.28 bits per heavy atom. The number of hydrogen-bond acceptors (Lipinski definition) is 5. The lowest BCUT2D eigenvalue weighted by Gasteiger charge is -2.01. The Kier molecular flexibility index (Phi) is 4.70. The molecule has 1 aromatic heterocycles. The first-order valence-corrected chi connectivity index (χ1v) is 7.02. The fraction of sp³-hybridized carbons (Fsp3) is 0.167. The standard InChI is InChI=1S/C12H10FN3S2/c13-11-5-9(2-1-3-14)4-10(6-11)7-17-12-16-15-8-18-12/h4-6,8H,3,7,14H2. The highest BCUT2D eigenvalue weighted by Gasteiger charge is 2.02. The van der Waals surface area contributed by atoms with Crippen LogP contribution in [0.1, 0.15) is 11.1 Å². The molecule has 1 aromatic carbocycles. The molecule has 18 heavy (non-hydrogen) atoms. The van der Waals surface area contributed by atoms with E-state index in [0.717, 1.165) is 9.90 Å². The summed E-state index contributed by atoms with van der Waals surface area (Å²) >= 11 is 2.99. The molecular formula is C12H10FN3S2. The summed E-state index contributed by atoms with van der Waals surface area (Å²) in [5, 5.41) is 7.67. The van der Waals surface area contributed by atoms with Crippen molar-refractivity contribution < 1.29 is 4.39 Å². The van der Waals surface area contributed by atoms with E-state index in [1.807, 2.05) is 6.07 Å². The molecule has 1 heterocycles. The largest absolute Gasteiger partial charge is 0.320 e. The Hall–Kier alpha value is -1.42. The Balaban J connectivity index is 2.10. The monoisotopic (exact) mass is 279 g/mol. The van der Waals surface area contributed by atoms with Gasteiger partial charge in [0, 0.05) is 11.3 Å². The second kappa shape index (κ2) is 6.50. The fourth-order valence-electron chi connectivity index (χ4n) is 1.33. The summed E-state index contributed by atoms with van der Waals surface area (Å²) in [5.74, 6) is 5.90. The van der Waals surface area contributed by atoms with Crippen LogP contribution in [0, 0.1) is 17.7 Å². The molecule has 0 atom stereocenters. The number of halogens is 1. The molecule has 0 bridgehead atoms. The van der Waals surface area contributed by atoms with Crippen molar-refractivity contribution in [3.63, 3.8) is 0 Å². The van der Waals surface area contributed by atoms with Gasteiger partial charge in [-0.15, -0.1) is 10.2 Å². The van der Waals surface area contributed by atoms with Gasteiger partial charge in [-0.2, -0.15) is 0 Å². The van der Waals surface area contributed by atoms with E-state index in [9.17, 15) is 4.39 Å². The molecule has 0 saturated carbocycles. The zero-order chi connectivity index (χ0) is 12.8. The summed E-state index contributed by atoms with van der Waals surface area (Å²) in [4.78, 5) is 0. The lowest BCUT2D eigenvalue weighted by Crippen LogP contribution is -1.93. The predicted octanol–water partition coefficient (Wildman–Crippen LogP) is 2.28. The van der Waals surface area contributed by atoms with Crippen molar-refractivity contribution in [1.82, 2.24) is 10.2 Å². The van der Waals surface area contributed by atoms with Crippen molar-refractivity contribution in [3.8, 4) is 11.8 Å². The molecule has 2 rings (SSSR count). The normalized spacial score (nSPS) is 9.89. The van der Waals surface area contributed by atoms with Crippen LogP contribution in [0.15, 0.2) is 28.0 Å². The smallest absolute Gasteiger partial charge is 0.174 e. The number of nitrogens with zero attached hydrogens (tertiary/aromatic N) is 2. The summed E-state index contributed by atoms with van der Waals surface area (Å²) in [7, 11) is 0. The Labute approximate surface area is 113 Å². The molecule has 92 valence electrons. The van der Waals surface area contributed by atoms with Crippen LogP contribution >= 0.6 is 23.1 Å². The summed E-state index contributed by atoms with van der Waals surface area (Å²) in [5.41, 5.74) is 8.48. The highest BCUT2D eigenvalue weighted by Crippen LogP contribution is 2.24. The maximum atomic E-state index is 13.4. The van der Waals surface area contributed by atoms with Gasteiger partial charge >= 0.3 is 0 Å². The molecule has 0 unspecified atom stereocenters. The van der Waals surface area contributed by atoms with E-state index in [1.54, 1.807) is 5.51 Å². The van der Waals surface area contributed by atoms with E-state index in [-0.39, 0.29) is 12.4 Å². The van der Waals surface area contributed by atoms with Crippen molar-refractivity contribution in [2.45, 2.75) is 10.1 Å². The van der Waals surface area contributed by atoms with Crippen LogP contribution in [0.2, 0.25) is 0 Å². The van der Waals surface area contributed by atoms with Crippen molar-refractivity contribution in [1.29, 1.82) is 0 Å². The number of benzene rings is 1. The first-order valence-electron chi connectivity index (χ1n) is 5.15. The highest BCUT2D eigenvalue weighted by molar-refractivity contribution is 8.00. The lowest BCUT2D eigenvalue weighted by molar-refractivity contribution is 0.626. The summed E-state index contributed by atoms with van der Waals surface area (Å²) in [6.07, 6.45) is 0. The van der Waals surface area contributed by atoms with Crippen molar-refractivity contribution in [2.24, 2.45) is 5.73 Å². The van der Waals surface area contributed by atoms with Gasteiger partial charge in [0.2, 0.25) is 0 Å². The first kappa shape index (κ1) is 13.0. The van der Waals surface area contributed by atoms with E-state index >= 15 is 0 Å². The zero-order valence-corrected chi connectivity index (χ0v) is 11.0. The molecule has 2 N–H and O–H groups in total. The number of hydrogen-bond donors (Lipinski definition) is 1. The molecule has 0 aliphatic rings. The summed E-state index contributed by atoms with van der Waals surface area (Å²) < 4.78 is 14.3. The Morgan fingerprint density at radius 1 is 1.39 bits per heavy atom. The van der Waals surface area contributed by atoms with E-state index < -0.39 is 0 Å². The molecular weight excluding hydrogens is 269 g/mol. The van der Waals surface area contributed by atoms with Gasteiger partial charge in [0.1, 0.15) is 11.3 Å². The average Bonchev–Trinajstić information content (AvgIpc) is 2.86. The van der Waals surface area contributed by atoms with Crippen molar-refractivity contribution in [3.05, 3.63) is 40.7 Å². The minimum absolute atomic E-state index is 0.269. The van der Waals surface area contributed by atoms with E-state index in [1.165, 1.54) is 35.2 Å². The molecule has 0 radical (unpaired) electrons. The lowest BCUT2D eigenvalue weighted by atomic mass is 10.1. The third-order valence-electron chi connectivity index (χ3n) is 1.99. The van der Waals surface area contributed by atoms with Crippen LogP contribution in [0.5, 0.6) is 0 Å². The molecule has 6 heteroatoms. The molecule has 0 spiro atoms. The van der Waals surface area contributed by atoms with Gasteiger partial charge in [-0.05, 0) is 23.8 Å². The number of nitrogens with two attached hydrogens (primary N) is 1. The van der Waals surface area contributed by atoms with Gasteiger partial charge in [-0.1, -0.05) is 34.9 Å². The Morgan fingerprint density at radius 3 is 3.00 bits per heavy atom. The highest BCUT2D eigenvalue weighted by atomic mass is 32.2. The minimum Gasteiger partial charge on any atom is -0.320 e. The fourth-order valence-corrected chi connectivity index (χ4v) is 2.75. The molecule has 0 fully saturated rings. The van der Waals surface area contributed by atoms with Gasteiger partial charge < -0.3 is 5.73 Å². The first-order chi connectivity index (χ1) is 8.78. The van der Waals surface area contributed by atoms with E-state index in [4.69, 9.17) is 5.73 Å². The van der Waals surface area contributed by atoms with E-state index in [2.05, 4.69) is 22.0 Å². The number of thioether (sulfide) groups is 1. The van der Waals surface area contributed by atoms with Crippen LogP contribution in [0.3, 0.4) is 0 Å². The molecule has 3 nitrogen and oxygen atoms in total. The van der Waals surface area contributed by atoms with Gasteiger partial charge in [0.25, 0.3) is 0 Å². The zero-order valence-electron chi connectivity index (χ0n) is 9.39. The number of rotatable bonds is 3. The average molecular weight is 279 g/mol. The van der Waals surface area contributed by atoms with E-state index in [0.29, 0.717) is 11.3 Å². The summed E-state index contributed by atoms with van der Waals surface area (Å²) in [6.45, 7) is 0.269. The second-order valence-corrected chi connectivity index (χ2v) is 5.40. The number of aromatic nitrogens is 2. The molecule has 0 amide bonds. The Bertz CT molecular complexity index is 573. The second-order valence-electron chi connectivity index (χ2n) is 3.35. The minimum atomic E-state index is -0.285. The van der Waals surface area contributed by atoms with Crippen LogP contribution in [0.25, 0.3) is 0 Å². The SMILES string of the molecule is NCC#Cc1cc(F)cc(CSc2nncs2)c1. The third kappa shape index (κ3) is 3.81. The molecule has 0 saturated heterocycles. The molecule has 0 aliphatic heterocycles. The van der Waals surface area contributed by atoms with Crippen molar-refractivity contribution >= 4 is 23.1 Å². The van der Waals surface area contributed by atoms with Gasteiger partial charge in [-0.25, -0.2) is 4.39 Å². The maximum Gasteiger partial charge on any atom is 0.174 e. The van der Waals surface area contributed by atoms with Crippen LogP contribution in [-0.2, 0) is 5.75 Å². The summed E-state index contributed by atoms with van der Waals surface area (Å²) in [6, 6.07) is 4.77. The predicted molar refractivity (Wildman–Crippen MR) is 71.8 cm³/mol. The topological polar surface area (TPSA) is 51.8 Å². The van der Waals surface area contributed by atoms with Gasteiger partial charge in [-0.3, -0.25) is 0 Å². The van der Waals surface area contributed by atoms with Crippen molar-refractivity contribution in [2.75, 3.05) is 6.54 Å². The molecule has 2 aromatic rings. The quantitative estimate of drug-likeness (QED) is 0.692. The van der Waals surface area contributed by atoms with Gasteiger partial charge in [0.15, 0.2) is 4.34 Å². The third-order valence-corrected chi connectivity index (χ3v) is 3.93.